The molecule has 0 heterocycles. The van der Waals surface area contributed by atoms with E-state index in [0.29, 0.717) is 0 Å². The molecule has 0 saturated carbocycles. The van der Waals surface area contributed by atoms with E-state index < -0.39 is 14.1 Å². The van der Waals surface area contributed by atoms with Crippen molar-refractivity contribution in [3.63, 3.8) is 0 Å². The quantitative estimate of drug-likeness (QED) is 0.667. The Hall–Kier alpha value is -1.03. The largest absolute Gasteiger partial charge is 0.299 e. The van der Waals surface area contributed by atoms with Crippen LogP contribution in [0.25, 0.3) is 11.1 Å². The zero-order chi connectivity index (χ0) is 10.7. The van der Waals surface area contributed by atoms with Crippen molar-refractivity contribution in [1.82, 2.24) is 0 Å². The smallest absolute Gasteiger partial charge is 0.111 e. The van der Waals surface area contributed by atoms with Crippen LogP contribution in [0.1, 0.15) is 0 Å². The summed E-state index contributed by atoms with van der Waals surface area (Å²) in [5, 5.41) is 0. The summed E-state index contributed by atoms with van der Waals surface area (Å²) in [6.45, 7) is 0. The Morgan fingerprint density at radius 3 is 1.73 bits per heavy atom. The van der Waals surface area contributed by atoms with Crippen LogP contribution in [0.2, 0.25) is 11.6 Å². The van der Waals surface area contributed by atoms with Crippen molar-refractivity contribution in [3.05, 3.63) is 54.6 Å². The molecular formula is C14H15Al. The summed E-state index contributed by atoms with van der Waals surface area (Å²) in [4.78, 5) is 0. The highest BCUT2D eigenvalue weighted by molar-refractivity contribution is 6.70. The van der Waals surface area contributed by atoms with Crippen LogP contribution in [0.3, 0.4) is 0 Å². The van der Waals surface area contributed by atoms with Gasteiger partial charge in [0.1, 0.15) is 0 Å². The first-order chi connectivity index (χ1) is 7.27. The molecule has 0 nitrogen and oxygen atoms in total. The van der Waals surface area contributed by atoms with Gasteiger partial charge in [0.05, 0.1) is 0 Å². The lowest BCUT2D eigenvalue weighted by molar-refractivity contribution is 1.63. The van der Waals surface area contributed by atoms with Gasteiger partial charge in [-0.1, -0.05) is 54.6 Å². The fraction of sp³-hybridized carbons (Fsp3) is 0.143. The van der Waals surface area contributed by atoms with Crippen molar-refractivity contribution in [2.75, 3.05) is 0 Å². The van der Waals surface area contributed by atoms with Gasteiger partial charge in [0.2, 0.25) is 0 Å². The topological polar surface area (TPSA) is 0 Å². The first kappa shape index (κ1) is 10.5. The van der Waals surface area contributed by atoms with E-state index in [1.807, 2.05) is 0 Å². The highest BCUT2D eigenvalue weighted by Crippen LogP contribution is 2.17. The first-order valence-electron chi connectivity index (χ1n) is 5.43. The summed E-state index contributed by atoms with van der Waals surface area (Å²) < 4.78 is 1.54. The Bertz CT molecular complexity index is 415. The molecule has 74 valence electrons. The molecule has 0 fully saturated rings. The van der Waals surface area contributed by atoms with E-state index in [1.165, 1.54) is 15.6 Å². The molecule has 0 saturated heterocycles. The minimum atomic E-state index is -0.643. The maximum absolute atomic E-state index is 2.36. The average Bonchev–Trinajstić information content (AvgIpc) is 2.30. The van der Waals surface area contributed by atoms with E-state index in [-0.39, 0.29) is 0 Å². The summed E-state index contributed by atoms with van der Waals surface area (Å²) in [5.74, 6) is 4.72. The van der Waals surface area contributed by atoms with Gasteiger partial charge < -0.3 is 0 Å². The third-order valence-corrected chi connectivity index (χ3v) is 4.40. The van der Waals surface area contributed by atoms with Gasteiger partial charge in [-0.05, 0) is 11.1 Å². The van der Waals surface area contributed by atoms with E-state index in [9.17, 15) is 0 Å². The third-order valence-electron chi connectivity index (χ3n) is 2.68. The summed E-state index contributed by atoms with van der Waals surface area (Å²) in [7, 11) is 0. The number of hydrogen-bond acceptors (Lipinski definition) is 0. The number of hydrogen-bond donors (Lipinski definition) is 0. The normalized spacial score (nSPS) is 10.0. The van der Waals surface area contributed by atoms with Gasteiger partial charge in [-0.25, -0.2) is 0 Å². The van der Waals surface area contributed by atoms with Gasteiger partial charge in [-0.15, -0.1) is 16.0 Å². The SMILES string of the molecule is [CH3][Al]([CH3])[c]1ccc(-c2ccccc2)cc1. The maximum Gasteiger partial charge on any atom is 0.299 e. The van der Waals surface area contributed by atoms with Gasteiger partial charge in [-0.3, -0.25) is 0 Å². The van der Waals surface area contributed by atoms with Crippen molar-refractivity contribution in [2.45, 2.75) is 11.6 Å². The molecule has 0 aliphatic carbocycles. The summed E-state index contributed by atoms with van der Waals surface area (Å²) in [5.41, 5.74) is 2.61. The molecule has 2 rings (SSSR count). The highest BCUT2D eigenvalue weighted by atomic mass is 27.2. The van der Waals surface area contributed by atoms with Gasteiger partial charge in [0.25, 0.3) is 14.1 Å². The van der Waals surface area contributed by atoms with Crippen LogP contribution < -0.4 is 4.43 Å². The highest BCUT2D eigenvalue weighted by Gasteiger charge is 2.05. The second-order valence-corrected chi connectivity index (χ2v) is 7.12. The lowest BCUT2D eigenvalue weighted by atomic mass is 10.1. The zero-order valence-electron chi connectivity index (χ0n) is 9.27. The molecule has 0 atom stereocenters. The van der Waals surface area contributed by atoms with Gasteiger partial charge >= 0.3 is 0 Å². The van der Waals surface area contributed by atoms with Crippen molar-refractivity contribution in [3.8, 4) is 11.1 Å². The minimum absolute atomic E-state index is 0.643. The molecule has 0 aromatic heterocycles. The number of benzene rings is 2. The molecule has 0 spiro atoms. The fourth-order valence-corrected chi connectivity index (χ4v) is 2.65. The maximum atomic E-state index is 2.36. The Labute approximate surface area is 96.0 Å². The summed E-state index contributed by atoms with van der Waals surface area (Å²) in [6.07, 6.45) is 0. The minimum Gasteiger partial charge on any atom is -0.111 e. The van der Waals surface area contributed by atoms with Crippen molar-refractivity contribution >= 4 is 18.6 Å². The van der Waals surface area contributed by atoms with Crippen molar-refractivity contribution in [1.29, 1.82) is 0 Å². The molecule has 15 heavy (non-hydrogen) atoms. The van der Waals surface area contributed by atoms with Gasteiger partial charge in [0, 0.05) is 0 Å². The molecule has 0 aliphatic heterocycles. The van der Waals surface area contributed by atoms with E-state index in [0.717, 1.165) is 0 Å². The zero-order valence-corrected chi connectivity index (χ0v) is 10.4. The van der Waals surface area contributed by atoms with Crippen LogP contribution in [0.15, 0.2) is 54.6 Å². The fourth-order valence-electron chi connectivity index (χ4n) is 1.69. The molecule has 1 heteroatoms. The van der Waals surface area contributed by atoms with Crippen LogP contribution in [0, 0.1) is 0 Å². The van der Waals surface area contributed by atoms with Crippen LogP contribution in [0.4, 0.5) is 0 Å². The van der Waals surface area contributed by atoms with E-state index in [4.69, 9.17) is 0 Å². The molecule has 0 unspecified atom stereocenters. The lowest BCUT2D eigenvalue weighted by Crippen LogP contribution is -2.21. The summed E-state index contributed by atoms with van der Waals surface area (Å²) in [6, 6.07) is 19.6. The monoisotopic (exact) mass is 210 g/mol. The number of rotatable bonds is 2. The second kappa shape index (κ2) is 4.66. The molecule has 0 N–H and O–H groups in total. The van der Waals surface area contributed by atoms with Gasteiger partial charge in [-0.2, -0.15) is 0 Å². The van der Waals surface area contributed by atoms with E-state index in [2.05, 4.69) is 66.2 Å². The molecule has 2 aromatic rings. The predicted molar refractivity (Wildman–Crippen MR) is 69.0 cm³/mol. The van der Waals surface area contributed by atoms with Crippen LogP contribution in [0.5, 0.6) is 0 Å². The van der Waals surface area contributed by atoms with Crippen LogP contribution in [-0.4, -0.2) is 14.1 Å². The van der Waals surface area contributed by atoms with Gasteiger partial charge in [0.15, 0.2) is 0 Å². The van der Waals surface area contributed by atoms with E-state index >= 15 is 0 Å². The van der Waals surface area contributed by atoms with Crippen LogP contribution in [-0.2, 0) is 0 Å². The van der Waals surface area contributed by atoms with Crippen LogP contribution >= 0.6 is 0 Å². The van der Waals surface area contributed by atoms with Crippen molar-refractivity contribution in [2.24, 2.45) is 0 Å². The Morgan fingerprint density at radius 1 is 0.667 bits per heavy atom. The lowest BCUT2D eigenvalue weighted by Gasteiger charge is -2.04. The first-order valence-corrected chi connectivity index (χ1v) is 8.31. The molecule has 0 bridgehead atoms. The molecule has 0 aliphatic rings. The average molecular weight is 210 g/mol. The van der Waals surface area contributed by atoms with Crippen molar-refractivity contribution < 1.29 is 0 Å². The summed E-state index contributed by atoms with van der Waals surface area (Å²) >= 11 is -0.643. The molecule has 2 aromatic carbocycles. The van der Waals surface area contributed by atoms with E-state index in [1.54, 1.807) is 0 Å². The Balaban J connectivity index is 2.32. The molecule has 0 amide bonds. The third kappa shape index (κ3) is 2.50. The standard InChI is InChI=1S/C12H9.2CH3.Al/c1-3-7-11(8-4-1)12-9-5-2-6-10-12;;;/h1,3-10H;2*1H3;. The molecular weight excluding hydrogens is 195 g/mol. The Kier molecular flexibility index (Phi) is 3.26. The molecule has 0 radical (unpaired) electrons. The predicted octanol–water partition coefficient (Wildman–Crippen LogP) is 3.32. The Morgan fingerprint density at radius 2 is 1.20 bits per heavy atom. The second-order valence-electron chi connectivity index (χ2n) is 4.14.